The van der Waals surface area contributed by atoms with Crippen molar-refractivity contribution in [2.75, 3.05) is 13.2 Å². The Labute approximate surface area is 211 Å². The van der Waals surface area contributed by atoms with Gasteiger partial charge in [0.15, 0.2) is 0 Å². The molecular weight excluding hydrogens is 420 g/mol. The van der Waals surface area contributed by atoms with Crippen LogP contribution in [0.2, 0.25) is 0 Å². The lowest BCUT2D eigenvalue weighted by atomic mass is 9.83. The van der Waals surface area contributed by atoms with Crippen LogP contribution in [0.5, 0.6) is 11.5 Å². The van der Waals surface area contributed by atoms with Gasteiger partial charge in [-0.25, -0.2) is 0 Å². The van der Waals surface area contributed by atoms with E-state index in [0.717, 1.165) is 54.1 Å². The maximum Gasteiger partial charge on any atom is 0.127 e. The van der Waals surface area contributed by atoms with Crippen LogP contribution in [0.1, 0.15) is 121 Å². The van der Waals surface area contributed by atoms with E-state index in [4.69, 9.17) is 9.47 Å². The zero-order valence-corrected chi connectivity index (χ0v) is 23.7. The minimum Gasteiger partial charge on any atom is -0.491 e. The largest absolute Gasteiger partial charge is 0.491 e. The number of hydrogen-bond acceptors (Lipinski definition) is 3. The normalized spacial score (nSPS) is 19.6. The van der Waals surface area contributed by atoms with Crippen molar-refractivity contribution in [3.8, 4) is 11.5 Å². The van der Waals surface area contributed by atoms with Gasteiger partial charge in [0.25, 0.3) is 0 Å². The molecule has 1 N–H and O–H groups in total. The molecule has 0 aliphatic carbocycles. The van der Waals surface area contributed by atoms with Gasteiger partial charge in [-0.3, -0.25) is 0 Å². The van der Waals surface area contributed by atoms with Gasteiger partial charge in [-0.15, -0.1) is 0 Å². The van der Waals surface area contributed by atoms with Crippen molar-refractivity contribution in [1.82, 2.24) is 0 Å². The van der Waals surface area contributed by atoms with Crippen molar-refractivity contribution < 1.29 is 14.6 Å². The fourth-order valence-electron chi connectivity index (χ4n) is 5.62. The Morgan fingerprint density at radius 1 is 0.853 bits per heavy atom. The third-order valence-electron chi connectivity index (χ3n) is 8.18. The number of fused-ring (bicyclic) bond motifs is 1. The highest BCUT2D eigenvalue weighted by Crippen LogP contribution is 2.45. The molecule has 1 heterocycles. The lowest BCUT2D eigenvalue weighted by molar-refractivity contribution is 0.0511. The molecule has 0 bridgehead atoms. The van der Waals surface area contributed by atoms with Crippen molar-refractivity contribution in [3.63, 3.8) is 0 Å². The number of benzene rings is 1. The maximum absolute atomic E-state index is 9.18. The predicted molar refractivity (Wildman–Crippen MR) is 145 cm³/mol. The molecule has 0 saturated heterocycles. The molecule has 0 radical (unpaired) electrons. The Bertz CT molecular complexity index is 754. The molecule has 1 aliphatic heterocycles. The van der Waals surface area contributed by atoms with E-state index < -0.39 is 0 Å². The Morgan fingerprint density at radius 3 is 2.03 bits per heavy atom. The van der Waals surface area contributed by atoms with Crippen LogP contribution in [0.25, 0.3) is 0 Å². The summed E-state index contributed by atoms with van der Waals surface area (Å²) in [5, 5.41) is 9.18. The summed E-state index contributed by atoms with van der Waals surface area (Å²) < 4.78 is 12.6. The molecule has 1 aliphatic rings. The first-order chi connectivity index (χ1) is 16.1. The van der Waals surface area contributed by atoms with Gasteiger partial charge < -0.3 is 14.6 Å². The molecule has 0 fully saturated rings. The van der Waals surface area contributed by atoms with E-state index in [0.29, 0.717) is 6.61 Å². The number of aliphatic hydroxyl groups excluding tert-OH is 1. The molecule has 34 heavy (non-hydrogen) atoms. The van der Waals surface area contributed by atoms with Gasteiger partial charge in [0.1, 0.15) is 23.7 Å². The summed E-state index contributed by atoms with van der Waals surface area (Å²) in [6.07, 6.45) is 14.1. The molecule has 1 aromatic rings. The SMILES string of the molecule is Cc1c(C)c2c(c(C)c1OCCO)CCC(C)(CCCC(C)CCCC(C)CCCC(C)C)O2. The molecule has 3 atom stereocenters. The Hall–Kier alpha value is -1.22. The van der Waals surface area contributed by atoms with E-state index >= 15 is 0 Å². The van der Waals surface area contributed by atoms with Crippen molar-refractivity contribution in [2.45, 2.75) is 132 Å². The summed E-state index contributed by atoms with van der Waals surface area (Å²) in [5.41, 5.74) is 4.73. The lowest BCUT2D eigenvalue weighted by Gasteiger charge is -2.38. The van der Waals surface area contributed by atoms with Crippen molar-refractivity contribution in [2.24, 2.45) is 17.8 Å². The quantitative estimate of drug-likeness (QED) is 0.277. The van der Waals surface area contributed by atoms with Gasteiger partial charge in [0, 0.05) is 5.56 Å². The Morgan fingerprint density at radius 2 is 1.44 bits per heavy atom. The van der Waals surface area contributed by atoms with E-state index in [9.17, 15) is 5.11 Å². The number of aliphatic hydroxyl groups is 1. The van der Waals surface area contributed by atoms with Crippen LogP contribution in [0, 0.1) is 38.5 Å². The lowest BCUT2D eigenvalue weighted by Crippen LogP contribution is -2.37. The summed E-state index contributed by atoms with van der Waals surface area (Å²) in [6.45, 7) is 18.6. The molecule has 0 saturated carbocycles. The standard InChI is InChI=1S/C31H54O3/c1-22(2)12-9-13-23(3)14-10-15-24(4)16-11-18-31(8)19-17-28-27(7)29(33-21-20-32)25(5)26(6)30(28)34-31/h22-24,32H,9-21H2,1-8H3. The minimum atomic E-state index is -0.0746. The summed E-state index contributed by atoms with van der Waals surface area (Å²) in [6, 6.07) is 0. The van der Waals surface area contributed by atoms with Crippen LogP contribution in [-0.4, -0.2) is 23.9 Å². The average Bonchev–Trinajstić information content (AvgIpc) is 2.77. The van der Waals surface area contributed by atoms with Gasteiger partial charge in [0.05, 0.1) is 6.61 Å². The molecule has 196 valence electrons. The monoisotopic (exact) mass is 474 g/mol. The Balaban J connectivity index is 1.80. The third-order valence-corrected chi connectivity index (χ3v) is 8.18. The van der Waals surface area contributed by atoms with Crippen molar-refractivity contribution >= 4 is 0 Å². The Kier molecular flexibility index (Phi) is 11.7. The van der Waals surface area contributed by atoms with E-state index in [1.165, 1.54) is 68.1 Å². The van der Waals surface area contributed by atoms with Gasteiger partial charge in [0.2, 0.25) is 0 Å². The van der Waals surface area contributed by atoms with Crippen LogP contribution < -0.4 is 9.47 Å². The highest BCUT2D eigenvalue weighted by atomic mass is 16.5. The smallest absolute Gasteiger partial charge is 0.127 e. The molecular formula is C31H54O3. The summed E-state index contributed by atoms with van der Waals surface area (Å²) in [7, 11) is 0. The molecule has 3 heteroatoms. The van der Waals surface area contributed by atoms with Gasteiger partial charge in [-0.1, -0.05) is 72.6 Å². The van der Waals surface area contributed by atoms with Gasteiger partial charge in [-0.2, -0.15) is 0 Å². The molecule has 3 nitrogen and oxygen atoms in total. The van der Waals surface area contributed by atoms with E-state index in [2.05, 4.69) is 55.4 Å². The molecule has 0 aromatic heterocycles. The summed E-state index contributed by atoms with van der Waals surface area (Å²) >= 11 is 0. The molecule has 1 aromatic carbocycles. The summed E-state index contributed by atoms with van der Waals surface area (Å²) in [5.74, 6) is 4.54. The second-order valence-electron chi connectivity index (χ2n) is 12.0. The topological polar surface area (TPSA) is 38.7 Å². The van der Waals surface area contributed by atoms with Crippen LogP contribution in [-0.2, 0) is 6.42 Å². The van der Waals surface area contributed by atoms with E-state index in [1.807, 2.05) is 0 Å². The first kappa shape index (κ1) is 29.0. The first-order valence-corrected chi connectivity index (χ1v) is 14.1. The van der Waals surface area contributed by atoms with Crippen LogP contribution >= 0.6 is 0 Å². The maximum atomic E-state index is 9.18. The zero-order chi connectivity index (χ0) is 25.3. The molecule has 0 spiro atoms. The molecule has 0 amide bonds. The molecule has 2 rings (SSSR count). The van der Waals surface area contributed by atoms with Crippen molar-refractivity contribution in [3.05, 3.63) is 22.3 Å². The average molecular weight is 475 g/mol. The highest BCUT2D eigenvalue weighted by Gasteiger charge is 2.34. The first-order valence-electron chi connectivity index (χ1n) is 14.1. The summed E-state index contributed by atoms with van der Waals surface area (Å²) in [4.78, 5) is 0. The highest BCUT2D eigenvalue weighted by molar-refractivity contribution is 5.59. The van der Waals surface area contributed by atoms with Crippen LogP contribution in [0.4, 0.5) is 0 Å². The number of hydrogen-bond donors (Lipinski definition) is 1. The van der Waals surface area contributed by atoms with Gasteiger partial charge >= 0.3 is 0 Å². The fourth-order valence-corrected chi connectivity index (χ4v) is 5.62. The van der Waals surface area contributed by atoms with Crippen LogP contribution in [0.3, 0.4) is 0 Å². The number of rotatable bonds is 15. The van der Waals surface area contributed by atoms with E-state index in [1.54, 1.807) is 0 Å². The van der Waals surface area contributed by atoms with Crippen LogP contribution in [0.15, 0.2) is 0 Å². The second kappa shape index (κ2) is 13.8. The fraction of sp³-hybridized carbons (Fsp3) is 0.806. The minimum absolute atomic E-state index is 0.0410. The van der Waals surface area contributed by atoms with Crippen molar-refractivity contribution in [1.29, 1.82) is 0 Å². The molecule has 3 unspecified atom stereocenters. The zero-order valence-electron chi connectivity index (χ0n) is 23.7. The third kappa shape index (κ3) is 8.47. The van der Waals surface area contributed by atoms with E-state index in [-0.39, 0.29) is 12.2 Å². The predicted octanol–water partition coefficient (Wildman–Crippen LogP) is 8.51. The van der Waals surface area contributed by atoms with Gasteiger partial charge in [-0.05, 0) is 87.8 Å². The second-order valence-corrected chi connectivity index (χ2v) is 12.0. The number of ether oxygens (including phenoxy) is 2.